The van der Waals surface area contributed by atoms with E-state index >= 15 is 0 Å². The van der Waals surface area contributed by atoms with E-state index < -0.39 is 29.6 Å². The first-order valence-corrected chi connectivity index (χ1v) is 16.3. The van der Waals surface area contributed by atoms with Crippen molar-refractivity contribution in [1.29, 1.82) is 0 Å². The van der Waals surface area contributed by atoms with Gasteiger partial charge in [-0.1, -0.05) is 37.6 Å². The van der Waals surface area contributed by atoms with Gasteiger partial charge in [0, 0.05) is 50.3 Å². The SMILES string of the molecule is C=C1CCC(N2C(=O)c3cccc(CCCCCCNc4ccnc(N5CCN(c6cccc(C(F)(F)F)c6)CC5)n4)c3C2=O)C(=O)N1. The van der Waals surface area contributed by atoms with Gasteiger partial charge in [-0.15, -0.1) is 0 Å². The summed E-state index contributed by atoms with van der Waals surface area (Å²) in [6, 6.07) is 11.7. The Labute approximate surface area is 277 Å². The zero-order valence-corrected chi connectivity index (χ0v) is 26.6. The number of carbonyl (C=O) groups is 3. The normalized spacial score (nSPS) is 18.3. The van der Waals surface area contributed by atoms with Gasteiger partial charge in [0.15, 0.2) is 0 Å². The number of imide groups is 1. The molecule has 13 heteroatoms. The fourth-order valence-corrected chi connectivity index (χ4v) is 6.53. The Kier molecular flexibility index (Phi) is 9.65. The van der Waals surface area contributed by atoms with Crippen molar-refractivity contribution in [2.24, 2.45) is 0 Å². The number of halogens is 3. The summed E-state index contributed by atoms with van der Waals surface area (Å²) in [6.07, 6.45) is 2.55. The number of nitrogens with zero attached hydrogens (tertiary/aromatic N) is 5. The zero-order chi connectivity index (χ0) is 33.8. The van der Waals surface area contributed by atoms with Crippen LogP contribution in [0.15, 0.2) is 67.0 Å². The predicted octanol–water partition coefficient (Wildman–Crippen LogP) is 5.43. The highest BCUT2D eigenvalue weighted by Crippen LogP contribution is 2.33. The third-order valence-corrected chi connectivity index (χ3v) is 9.09. The number of unbranched alkanes of at least 4 members (excludes halogenated alkanes) is 3. The van der Waals surface area contributed by atoms with Crippen LogP contribution in [0.1, 0.15) is 70.4 Å². The molecule has 252 valence electrons. The van der Waals surface area contributed by atoms with Gasteiger partial charge in [0.1, 0.15) is 11.9 Å². The fraction of sp³-hybridized carbons (Fsp3) is 0.400. The Bertz CT molecular complexity index is 1700. The van der Waals surface area contributed by atoms with E-state index in [0.717, 1.165) is 48.8 Å². The summed E-state index contributed by atoms with van der Waals surface area (Å²) in [7, 11) is 0. The molecule has 3 amide bonds. The Hall–Kier alpha value is -4.94. The summed E-state index contributed by atoms with van der Waals surface area (Å²) in [4.78, 5) is 53.1. The molecule has 3 aliphatic rings. The van der Waals surface area contributed by atoms with E-state index in [2.05, 4.69) is 27.2 Å². The lowest BCUT2D eigenvalue weighted by molar-refractivity contribution is -0.137. The number of rotatable bonds is 11. The van der Waals surface area contributed by atoms with Crippen LogP contribution in [0.2, 0.25) is 0 Å². The summed E-state index contributed by atoms with van der Waals surface area (Å²) in [6.45, 7) is 6.80. The van der Waals surface area contributed by atoms with Gasteiger partial charge in [-0.3, -0.25) is 19.3 Å². The van der Waals surface area contributed by atoms with Crippen LogP contribution in [0.25, 0.3) is 0 Å². The number of amides is 3. The monoisotopic (exact) mass is 661 g/mol. The van der Waals surface area contributed by atoms with Crippen molar-refractivity contribution in [3.63, 3.8) is 0 Å². The van der Waals surface area contributed by atoms with Gasteiger partial charge >= 0.3 is 6.18 Å². The molecular formula is C35H38F3N7O3. The molecule has 6 rings (SSSR count). The van der Waals surface area contributed by atoms with E-state index in [4.69, 9.17) is 0 Å². The summed E-state index contributed by atoms with van der Waals surface area (Å²) in [5.41, 5.74) is 2.11. The highest BCUT2D eigenvalue weighted by molar-refractivity contribution is 6.23. The highest BCUT2D eigenvalue weighted by atomic mass is 19.4. The van der Waals surface area contributed by atoms with Crippen LogP contribution in [0, 0.1) is 0 Å². The number of anilines is 3. The Morgan fingerprint density at radius 2 is 1.67 bits per heavy atom. The maximum absolute atomic E-state index is 13.3. The summed E-state index contributed by atoms with van der Waals surface area (Å²) < 4.78 is 39.4. The van der Waals surface area contributed by atoms with Crippen LogP contribution in [-0.4, -0.2) is 71.4 Å². The number of benzene rings is 2. The molecule has 0 spiro atoms. The van der Waals surface area contributed by atoms with Crippen LogP contribution in [0.4, 0.5) is 30.6 Å². The van der Waals surface area contributed by atoms with Crippen LogP contribution >= 0.6 is 0 Å². The van der Waals surface area contributed by atoms with Crippen molar-refractivity contribution in [2.75, 3.05) is 47.8 Å². The Morgan fingerprint density at radius 3 is 2.44 bits per heavy atom. The van der Waals surface area contributed by atoms with Crippen molar-refractivity contribution in [3.05, 3.63) is 89.3 Å². The molecule has 0 saturated carbocycles. The first-order valence-electron chi connectivity index (χ1n) is 16.3. The number of piperazine rings is 1. The van der Waals surface area contributed by atoms with Crippen LogP contribution in [0.3, 0.4) is 0 Å². The van der Waals surface area contributed by atoms with E-state index in [9.17, 15) is 27.6 Å². The molecule has 1 unspecified atom stereocenters. The summed E-state index contributed by atoms with van der Waals surface area (Å²) >= 11 is 0. The lowest BCUT2D eigenvalue weighted by atomic mass is 9.97. The standard InChI is InChI=1S/C35H38F3N7O3/c1-23-13-14-28(31(46)41-23)45-32(47)27-12-6-9-24(30(27)33(45)48)8-4-2-3-5-16-39-29-15-17-40-34(42-29)44-20-18-43(19-21-44)26-11-7-10-25(22-26)35(36,37)38/h6-7,9-12,15,17,22,28H,1-5,8,13-14,16,18-21H2,(H,41,46)(H,39,40,42). The molecule has 3 aliphatic heterocycles. The largest absolute Gasteiger partial charge is 0.416 e. The lowest BCUT2D eigenvalue weighted by Gasteiger charge is -2.36. The number of aryl methyl sites for hydroxylation is 1. The van der Waals surface area contributed by atoms with E-state index in [-0.39, 0.29) is 5.91 Å². The first-order chi connectivity index (χ1) is 23.1. The maximum atomic E-state index is 13.3. The number of piperidine rings is 1. The molecule has 0 bridgehead atoms. The molecule has 0 radical (unpaired) electrons. The van der Waals surface area contributed by atoms with Crippen LogP contribution < -0.4 is 20.4 Å². The van der Waals surface area contributed by atoms with Crippen LogP contribution in [-0.2, 0) is 17.4 Å². The maximum Gasteiger partial charge on any atom is 0.416 e. The zero-order valence-electron chi connectivity index (χ0n) is 26.6. The van der Waals surface area contributed by atoms with Gasteiger partial charge in [0.05, 0.1) is 16.7 Å². The number of carbonyl (C=O) groups excluding carboxylic acids is 3. The molecule has 48 heavy (non-hydrogen) atoms. The van der Waals surface area contributed by atoms with Gasteiger partial charge in [-0.05, 0) is 68.0 Å². The summed E-state index contributed by atoms with van der Waals surface area (Å²) in [5.74, 6) is 0.110. The van der Waals surface area contributed by atoms with Gasteiger partial charge < -0.3 is 20.4 Å². The fourth-order valence-electron chi connectivity index (χ4n) is 6.53. The number of allylic oxidation sites excluding steroid dienone is 1. The molecule has 2 fully saturated rings. The summed E-state index contributed by atoms with van der Waals surface area (Å²) in [5, 5.41) is 6.02. The van der Waals surface area contributed by atoms with Gasteiger partial charge in [0.25, 0.3) is 11.8 Å². The number of hydrogen-bond donors (Lipinski definition) is 2. The molecule has 3 aromatic rings. The number of aromatic nitrogens is 2. The van der Waals surface area contributed by atoms with E-state index in [1.54, 1.807) is 24.4 Å². The highest BCUT2D eigenvalue weighted by Gasteiger charge is 2.44. The second-order valence-corrected chi connectivity index (χ2v) is 12.3. The molecule has 4 heterocycles. The van der Waals surface area contributed by atoms with Crippen molar-refractivity contribution in [2.45, 2.75) is 57.2 Å². The smallest absolute Gasteiger partial charge is 0.370 e. The quantitative estimate of drug-likeness (QED) is 0.207. The van der Waals surface area contributed by atoms with Gasteiger partial charge in [-0.2, -0.15) is 18.2 Å². The second kappa shape index (κ2) is 14.0. The molecule has 2 N–H and O–H groups in total. The lowest BCUT2D eigenvalue weighted by Crippen LogP contribution is -2.51. The van der Waals surface area contributed by atoms with Crippen molar-refractivity contribution in [3.8, 4) is 0 Å². The number of fused-ring (bicyclic) bond motifs is 1. The van der Waals surface area contributed by atoms with E-state index in [1.165, 1.54) is 12.1 Å². The van der Waals surface area contributed by atoms with Gasteiger partial charge in [0.2, 0.25) is 11.9 Å². The average Bonchev–Trinajstić information content (AvgIpc) is 3.33. The minimum atomic E-state index is -4.37. The third-order valence-electron chi connectivity index (χ3n) is 9.09. The Morgan fingerprint density at radius 1 is 0.917 bits per heavy atom. The number of nitrogens with one attached hydrogen (secondary N) is 2. The third kappa shape index (κ3) is 7.14. The topological polar surface area (TPSA) is 111 Å². The molecule has 0 aliphatic carbocycles. The predicted molar refractivity (Wildman–Crippen MR) is 176 cm³/mol. The molecule has 1 atom stereocenters. The van der Waals surface area contributed by atoms with Crippen molar-refractivity contribution in [1.82, 2.24) is 20.2 Å². The minimum absolute atomic E-state index is 0.362. The van der Waals surface area contributed by atoms with E-state index in [1.807, 2.05) is 21.9 Å². The number of alkyl halides is 3. The molecule has 2 aromatic carbocycles. The van der Waals surface area contributed by atoms with Crippen molar-refractivity contribution >= 4 is 35.2 Å². The minimum Gasteiger partial charge on any atom is -0.370 e. The number of hydrogen-bond acceptors (Lipinski definition) is 8. The van der Waals surface area contributed by atoms with Crippen molar-refractivity contribution < 1.29 is 27.6 Å². The van der Waals surface area contributed by atoms with Crippen LogP contribution in [0.5, 0.6) is 0 Å². The molecular weight excluding hydrogens is 623 g/mol. The molecule has 2 saturated heterocycles. The second-order valence-electron chi connectivity index (χ2n) is 12.3. The average molecular weight is 662 g/mol. The molecule has 10 nitrogen and oxygen atoms in total. The molecule has 1 aromatic heterocycles. The first kappa shape index (κ1) is 33.0. The Balaban J connectivity index is 0.933. The van der Waals surface area contributed by atoms with Gasteiger partial charge in [-0.25, -0.2) is 4.98 Å². The van der Waals surface area contributed by atoms with E-state index in [0.29, 0.717) is 79.7 Å².